The van der Waals surface area contributed by atoms with Crippen LogP contribution in [-0.2, 0) is 16.0 Å². The van der Waals surface area contributed by atoms with E-state index >= 15 is 0 Å². The van der Waals surface area contributed by atoms with Crippen molar-refractivity contribution in [3.8, 4) is 0 Å². The molecule has 2 nitrogen and oxygen atoms in total. The third kappa shape index (κ3) is 4.64. The number of hydrogen-bond donors (Lipinski definition) is 0. The van der Waals surface area contributed by atoms with Crippen LogP contribution in [0, 0.1) is 0 Å². The Bertz CT molecular complexity index is 298. The van der Waals surface area contributed by atoms with E-state index in [9.17, 15) is 4.79 Å². The average molecular weight is 318 g/mol. The zero-order valence-corrected chi connectivity index (χ0v) is 10.9. The molecule has 1 rings (SSSR count). The Labute approximate surface area is 104 Å². The summed E-state index contributed by atoms with van der Waals surface area (Å²) in [6.07, 6.45) is 2.92. The fraction of sp³-hybridized carbons (Fsp3) is 0.417. The summed E-state index contributed by atoms with van der Waals surface area (Å²) in [4.78, 5) is 11.1. The van der Waals surface area contributed by atoms with Crippen LogP contribution < -0.4 is 0 Å². The minimum atomic E-state index is -0.122. The lowest BCUT2D eigenvalue weighted by Crippen LogP contribution is -2.15. The Hall–Kier alpha value is -0.580. The van der Waals surface area contributed by atoms with Gasteiger partial charge in [0.25, 0.3) is 0 Å². The molecule has 0 saturated carbocycles. The summed E-state index contributed by atoms with van der Waals surface area (Å²) in [6, 6.07) is 10.3. The van der Waals surface area contributed by atoms with Crippen LogP contribution in [-0.4, -0.2) is 17.0 Å². The van der Waals surface area contributed by atoms with E-state index in [1.54, 1.807) is 0 Å². The van der Waals surface area contributed by atoms with Crippen LogP contribution in [0.15, 0.2) is 30.3 Å². The van der Waals surface area contributed by atoms with Gasteiger partial charge in [0, 0.05) is 0 Å². The highest BCUT2D eigenvalue weighted by Gasteiger charge is 2.13. The summed E-state index contributed by atoms with van der Waals surface area (Å²) >= 11 is 2.14. The van der Waals surface area contributed by atoms with Gasteiger partial charge in [0.2, 0.25) is 0 Å². The second-order valence-corrected chi connectivity index (χ2v) is 4.87. The lowest BCUT2D eigenvalue weighted by atomic mass is 10.1. The number of aryl methyl sites for hydroxylation is 1. The van der Waals surface area contributed by atoms with Crippen LogP contribution in [0.4, 0.5) is 0 Å². The third-order valence-corrected chi connectivity index (χ3v) is 3.35. The van der Waals surface area contributed by atoms with Crippen molar-refractivity contribution in [3.63, 3.8) is 0 Å². The molecule has 0 aliphatic carbocycles. The van der Waals surface area contributed by atoms with Gasteiger partial charge in [-0.1, -0.05) is 52.9 Å². The molecule has 1 aromatic carbocycles. The van der Waals surface area contributed by atoms with E-state index in [4.69, 9.17) is 0 Å². The first kappa shape index (κ1) is 12.5. The smallest absolute Gasteiger partial charge is 0.318 e. The molecule has 1 aromatic rings. The number of halogens is 1. The van der Waals surface area contributed by atoms with Crippen molar-refractivity contribution in [1.29, 1.82) is 0 Å². The average Bonchev–Trinajstić information content (AvgIpc) is 2.29. The van der Waals surface area contributed by atoms with Gasteiger partial charge in [-0.25, -0.2) is 0 Å². The Balaban J connectivity index is 2.25. The number of methoxy groups -OCH3 is 1. The molecule has 0 fully saturated rings. The quantitative estimate of drug-likeness (QED) is 0.474. The van der Waals surface area contributed by atoms with Crippen LogP contribution in [0.2, 0.25) is 0 Å². The number of alkyl halides is 1. The Morgan fingerprint density at radius 1 is 1.40 bits per heavy atom. The lowest BCUT2D eigenvalue weighted by Gasteiger charge is -2.06. The van der Waals surface area contributed by atoms with Crippen molar-refractivity contribution in [2.24, 2.45) is 0 Å². The van der Waals surface area contributed by atoms with Crippen molar-refractivity contribution in [3.05, 3.63) is 35.9 Å². The van der Waals surface area contributed by atoms with Gasteiger partial charge in [-0.05, 0) is 24.8 Å². The summed E-state index contributed by atoms with van der Waals surface area (Å²) in [6.45, 7) is 0. The second kappa shape index (κ2) is 6.82. The third-order valence-electron chi connectivity index (χ3n) is 2.22. The van der Waals surface area contributed by atoms with Crippen molar-refractivity contribution in [1.82, 2.24) is 0 Å². The van der Waals surface area contributed by atoms with E-state index in [-0.39, 0.29) is 9.89 Å². The van der Waals surface area contributed by atoms with Crippen LogP contribution >= 0.6 is 22.6 Å². The maximum Gasteiger partial charge on any atom is 0.318 e. The van der Waals surface area contributed by atoms with E-state index < -0.39 is 0 Å². The first-order valence-electron chi connectivity index (χ1n) is 5.00. The molecule has 0 radical (unpaired) electrons. The minimum absolute atomic E-state index is 0.0173. The van der Waals surface area contributed by atoms with E-state index in [1.165, 1.54) is 12.7 Å². The standard InChI is InChI=1S/C12H15IO2/c1-15-12(14)11(13)9-5-8-10-6-3-2-4-7-10/h2-4,6-7,11H,5,8-9H2,1H3. The zero-order valence-electron chi connectivity index (χ0n) is 8.78. The van der Waals surface area contributed by atoms with Crippen LogP contribution in [0.1, 0.15) is 18.4 Å². The number of esters is 1. The summed E-state index contributed by atoms with van der Waals surface area (Å²) in [5, 5.41) is 0. The van der Waals surface area contributed by atoms with Crippen LogP contribution in [0.3, 0.4) is 0 Å². The highest BCUT2D eigenvalue weighted by Crippen LogP contribution is 2.13. The first-order valence-corrected chi connectivity index (χ1v) is 6.24. The molecule has 1 unspecified atom stereocenters. The molecular formula is C12H15IO2. The number of benzene rings is 1. The minimum Gasteiger partial charge on any atom is -0.468 e. The topological polar surface area (TPSA) is 26.3 Å². The molecule has 0 aliphatic rings. The number of carbonyl (C=O) groups is 1. The number of rotatable bonds is 5. The molecule has 0 bridgehead atoms. The number of ether oxygens (including phenoxy) is 1. The highest BCUT2D eigenvalue weighted by molar-refractivity contribution is 14.1. The molecule has 0 heterocycles. The Morgan fingerprint density at radius 3 is 2.67 bits per heavy atom. The zero-order chi connectivity index (χ0) is 11.1. The number of hydrogen-bond acceptors (Lipinski definition) is 2. The Morgan fingerprint density at radius 2 is 2.07 bits per heavy atom. The predicted octanol–water partition coefficient (Wildman–Crippen LogP) is 2.99. The van der Waals surface area contributed by atoms with E-state index in [0.29, 0.717) is 0 Å². The molecule has 82 valence electrons. The monoisotopic (exact) mass is 318 g/mol. The summed E-state index contributed by atoms with van der Waals surface area (Å²) in [5.74, 6) is -0.122. The van der Waals surface area contributed by atoms with Gasteiger partial charge in [0.05, 0.1) is 7.11 Å². The van der Waals surface area contributed by atoms with Gasteiger partial charge in [-0.3, -0.25) is 4.79 Å². The van der Waals surface area contributed by atoms with Gasteiger partial charge < -0.3 is 4.74 Å². The van der Waals surface area contributed by atoms with E-state index in [1.807, 2.05) is 18.2 Å². The first-order chi connectivity index (χ1) is 7.24. The normalized spacial score (nSPS) is 12.1. The molecule has 3 heteroatoms. The molecule has 15 heavy (non-hydrogen) atoms. The molecule has 0 saturated heterocycles. The summed E-state index contributed by atoms with van der Waals surface area (Å²) in [7, 11) is 1.44. The van der Waals surface area contributed by atoms with Gasteiger partial charge in [0.15, 0.2) is 0 Å². The van der Waals surface area contributed by atoms with Gasteiger partial charge in [-0.2, -0.15) is 0 Å². The molecule has 0 aliphatic heterocycles. The van der Waals surface area contributed by atoms with Crippen molar-refractivity contribution in [2.75, 3.05) is 7.11 Å². The summed E-state index contributed by atoms with van der Waals surface area (Å²) < 4.78 is 4.65. The maximum absolute atomic E-state index is 11.1. The van der Waals surface area contributed by atoms with E-state index in [2.05, 4.69) is 39.5 Å². The molecule has 0 spiro atoms. The van der Waals surface area contributed by atoms with Gasteiger partial charge >= 0.3 is 5.97 Å². The highest BCUT2D eigenvalue weighted by atomic mass is 127. The van der Waals surface area contributed by atoms with Crippen molar-refractivity contribution in [2.45, 2.75) is 23.2 Å². The molecule has 0 amide bonds. The fourth-order valence-corrected chi connectivity index (χ4v) is 2.07. The van der Waals surface area contributed by atoms with Crippen molar-refractivity contribution >= 4 is 28.6 Å². The second-order valence-electron chi connectivity index (χ2n) is 3.37. The largest absolute Gasteiger partial charge is 0.468 e. The SMILES string of the molecule is COC(=O)C(I)CCCc1ccccc1. The fourth-order valence-electron chi connectivity index (χ4n) is 1.38. The van der Waals surface area contributed by atoms with Crippen LogP contribution in [0.25, 0.3) is 0 Å². The molecule has 1 atom stereocenters. The molecule has 0 N–H and O–H groups in total. The summed E-state index contributed by atoms with van der Waals surface area (Å²) in [5.41, 5.74) is 1.32. The van der Waals surface area contributed by atoms with Crippen LogP contribution in [0.5, 0.6) is 0 Å². The van der Waals surface area contributed by atoms with E-state index in [0.717, 1.165) is 19.3 Å². The van der Waals surface area contributed by atoms with Gasteiger partial charge in [-0.15, -0.1) is 0 Å². The molecular weight excluding hydrogens is 303 g/mol. The maximum atomic E-state index is 11.1. The predicted molar refractivity (Wildman–Crippen MR) is 69.2 cm³/mol. The Kier molecular flexibility index (Phi) is 5.68. The van der Waals surface area contributed by atoms with Gasteiger partial charge in [0.1, 0.15) is 3.92 Å². The molecule has 0 aromatic heterocycles. The van der Waals surface area contributed by atoms with Crippen molar-refractivity contribution < 1.29 is 9.53 Å². The lowest BCUT2D eigenvalue weighted by molar-refractivity contribution is -0.139. The number of carbonyl (C=O) groups excluding carboxylic acids is 1.